The van der Waals surface area contributed by atoms with Crippen molar-refractivity contribution in [2.24, 2.45) is 11.8 Å². The summed E-state index contributed by atoms with van der Waals surface area (Å²) in [6.45, 7) is 3.65. The van der Waals surface area contributed by atoms with Gasteiger partial charge in [0.25, 0.3) is 0 Å². The number of nitrogens with zero attached hydrogens (tertiary/aromatic N) is 1. The van der Waals surface area contributed by atoms with E-state index in [1.807, 2.05) is 33.7 Å². The number of anilines is 1. The van der Waals surface area contributed by atoms with E-state index in [1.54, 1.807) is 13.2 Å². The van der Waals surface area contributed by atoms with Crippen LogP contribution in [-0.4, -0.2) is 64.1 Å². The van der Waals surface area contributed by atoms with Gasteiger partial charge < -0.3 is 40.2 Å². The number of nitrogen functional groups attached to an aromatic ring is 1. The summed E-state index contributed by atoms with van der Waals surface area (Å²) in [4.78, 5) is 17.9. The molecule has 0 radical (unpaired) electrons. The van der Waals surface area contributed by atoms with Gasteiger partial charge in [0.15, 0.2) is 11.5 Å². The van der Waals surface area contributed by atoms with E-state index in [0.29, 0.717) is 47.3 Å². The lowest BCUT2D eigenvalue weighted by Gasteiger charge is -2.39. The first-order valence-corrected chi connectivity index (χ1v) is 28.4. The summed E-state index contributed by atoms with van der Waals surface area (Å²) in [5.74, 6) is 10.8. The molecule has 4 aromatic carbocycles. The van der Waals surface area contributed by atoms with Crippen LogP contribution < -0.4 is 25.3 Å². The lowest BCUT2D eigenvalue weighted by Crippen LogP contribution is -2.52. The summed E-state index contributed by atoms with van der Waals surface area (Å²) in [6, 6.07) is 22.8. The standard InChI is InChI=1S/C60H63N3O7S2/c1-4-37-25-39-22-35-20-21-60(29-35)30-40-26-42(65)28-50(67-3)52(40)44-17-16-43-46(31-68-33(2)64)56(70-57(43)54(44)60)53-38(13-9-15-47(39)63-59(37)61)27-49(66)55-45(53)18-19-48-58(69-55)51(24-34-10-6-5-7-11-34)72-71-32-36-12-8-14-41(23-36)62-48/h5-7,10-11,16-19,25-28,35-36,41,46,48,51,56,58,62,65-66H,4,8,12-14,20-24,29-32H2,1-3H3,(H2,61,63)/t35-,36+,41-,46-,48+,51+,56-,58-,60-/m0/s1. The number of methoxy groups -OCH3 is 1. The number of esters is 1. The number of aryl methyl sites for hydroxylation is 1. The molecule has 12 rings (SSSR count). The third-order valence-corrected chi connectivity index (χ3v) is 19.8. The number of nitrogens with one attached hydrogen (secondary N) is 1. The third-order valence-electron chi connectivity index (χ3n) is 16.8. The number of fused-ring (bicyclic) bond motifs is 12. The van der Waals surface area contributed by atoms with Crippen LogP contribution in [0.3, 0.4) is 0 Å². The number of pyridine rings is 1. The molecule has 10 nitrogen and oxygen atoms in total. The molecule has 1 aromatic heterocycles. The fourth-order valence-corrected chi connectivity index (χ4v) is 16.8. The Morgan fingerprint density at radius 2 is 1.89 bits per heavy atom. The number of aromatic nitrogens is 1. The average Bonchev–Trinajstić information content (AvgIpc) is 3.88. The molecule has 6 bridgehead atoms. The zero-order valence-electron chi connectivity index (χ0n) is 41.3. The van der Waals surface area contributed by atoms with E-state index >= 15 is 0 Å². The first-order chi connectivity index (χ1) is 35.1. The van der Waals surface area contributed by atoms with Crippen LogP contribution in [0.15, 0.2) is 72.8 Å². The van der Waals surface area contributed by atoms with E-state index in [2.05, 4.69) is 84.8 Å². The van der Waals surface area contributed by atoms with Crippen molar-refractivity contribution in [3.8, 4) is 51.7 Å². The van der Waals surface area contributed by atoms with Gasteiger partial charge in [0.2, 0.25) is 0 Å². The van der Waals surface area contributed by atoms with Gasteiger partial charge in [-0.25, -0.2) is 4.98 Å². The van der Waals surface area contributed by atoms with E-state index in [1.165, 1.54) is 25.3 Å². The van der Waals surface area contributed by atoms with Crippen molar-refractivity contribution in [3.05, 3.63) is 129 Å². The number of nitrogens with two attached hydrogens (primary N) is 1. The maximum atomic E-state index is 12.9. The monoisotopic (exact) mass is 1000 g/mol. The average molecular weight is 1000 g/mol. The van der Waals surface area contributed by atoms with Crippen LogP contribution in [0.5, 0.6) is 28.7 Å². The largest absolute Gasteiger partial charge is 0.508 e. The van der Waals surface area contributed by atoms with Crippen molar-refractivity contribution in [3.63, 3.8) is 0 Å². The number of hydrogen-bond donors (Lipinski definition) is 4. The highest BCUT2D eigenvalue weighted by Crippen LogP contribution is 2.63. The molecule has 0 unspecified atom stereocenters. The Balaban J connectivity index is 1.08. The van der Waals surface area contributed by atoms with Gasteiger partial charge >= 0.3 is 5.97 Å². The maximum Gasteiger partial charge on any atom is 0.302 e. The van der Waals surface area contributed by atoms with Crippen LogP contribution >= 0.6 is 21.6 Å². The molecule has 3 fully saturated rings. The van der Waals surface area contributed by atoms with Gasteiger partial charge in [-0.3, -0.25) is 4.79 Å². The smallest absolute Gasteiger partial charge is 0.302 e. The van der Waals surface area contributed by atoms with Gasteiger partial charge in [-0.05, 0) is 134 Å². The number of rotatable bonds is 6. The molecule has 5 heterocycles. The molecule has 1 saturated heterocycles. The maximum absolute atomic E-state index is 12.9. The van der Waals surface area contributed by atoms with Crippen LogP contribution in [0.2, 0.25) is 0 Å². The van der Waals surface area contributed by atoms with Crippen LogP contribution in [0.4, 0.5) is 5.82 Å². The second-order valence-electron chi connectivity index (χ2n) is 21.4. The fourth-order valence-electron chi connectivity index (χ4n) is 13.6. The number of ether oxygens (including phenoxy) is 4. The molecule has 372 valence electrons. The normalized spacial score (nSPS) is 27.5. The number of phenolic OH excluding ortho intramolecular Hbond substituents is 2. The molecule has 72 heavy (non-hydrogen) atoms. The van der Waals surface area contributed by atoms with E-state index in [0.717, 1.165) is 119 Å². The Bertz CT molecular complexity index is 3060. The summed E-state index contributed by atoms with van der Waals surface area (Å²) in [6.07, 6.45) is 14.2. The van der Waals surface area contributed by atoms with Crippen molar-refractivity contribution >= 4 is 39.5 Å². The highest BCUT2D eigenvalue weighted by molar-refractivity contribution is 8.77. The molecule has 5 aromatic rings. The van der Waals surface area contributed by atoms with Crippen LogP contribution in [0.1, 0.15) is 127 Å². The molecular formula is C60H63N3O7S2. The van der Waals surface area contributed by atoms with Gasteiger partial charge in [-0.2, -0.15) is 0 Å². The molecule has 2 saturated carbocycles. The zero-order valence-corrected chi connectivity index (χ0v) is 42.9. The summed E-state index contributed by atoms with van der Waals surface area (Å²) < 4.78 is 27.2. The molecule has 4 aliphatic heterocycles. The molecular weight excluding hydrogens is 939 g/mol. The first kappa shape index (κ1) is 47.3. The molecule has 9 atom stereocenters. The van der Waals surface area contributed by atoms with Crippen LogP contribution in [-0.2, 0) is 47.1 Å². The van der Waals surface area contributed by atoms with E-state index in [-0.39, 0.29) is 53.3 Å². The Kier molecular flexibility index (Phi) is 12.7. The quantitative estimate of drug-likeness (QED) is 0.0730. The lowest BCUT2D eigenvalue weighted by atomic mass is 9.65. The van der Waals surface area contributed by atoms with Gasteiger partial charge in [0.1, 0.15) is 47.6 Å². The first-order valence-electron chi connectivity index (χ1n) is 26.0. The van der Waals surface area contributed by atoms with Crippen molar-refractivity contribution in [1.82, 2.24) is 10.3 Å². The molecule has 1 spiro atoms. The summed E-state index contributed by atoms with van der Waals surface area (Å²) in [5.41, 5.74) is 17.9. The summed E-state index contributed by atoms with van der Waals surface area (Å²) >= 11 is 0. The molecule has 7 aliphatic rings. The second-order valence-corrected chi connectivity index (χ2v) is 24.0. The van der Waals surface area contributed by atoms with E-state index < -0.39 is 12.0 Å². The fraction of sp³-hybridized carbons (Fsp3) is 0.433. The minimum absolute atomic E-state index is 0.0442. The van der Waals surface area contributed by atoms with Crippen molar-refractivity contribution < 1.29 is 34.0 Å². The number of hydrogen-bond acceptors (Lipinski definition) is 12. The molecule has 3 aliphatic carbocycles. The zero-order chi connectivity index (χ0) is 49.3. The Morgan fingerprint density at radius 1 is 1.01 bits per heavy atom. The van der Waals surface area contributed by atoms with Crippen LogP contribution in [0.25, 0.3) is 17.2 Å². The van der Waals surface area contributed by atoms with Gasteiger partial charge in [-0.15, -0.1) is 0 Å². The Morgan fingerprint density at radius 3 is 2.72 bits per heavy atom. The predicted molar refractivity (Wildman–Crippen MR) is 286 cm³/mol. The topological polar surface area (TPSA) is 145 Å². The van der Waals surface area contributed by atoms with Crippen molar-refractivity contribution in [2.75, 3.05) is 25.2 Å². The van der Waals surface area contributed by atoms with Crippen LogP contribution in [0, 0.1) is 23.7 Å². The van der Waals surface area contributed by atoms with Gasteiger partial charge in [0, 0.05) is 64.4 Å². The Hall–Kier alpha value is -5.74. The van der Waals surface area contributed by atoms with E-state index in [4.69, 9.17) is 29.7 Å². The lowest BCUT2D eigenvalue weighted by molar-refractivity contribution is -0.141. The van der Waals surface area contributed by atoms with Crippen molar-refractivity contribution in [2.45, 2.75) is 132 Å². The summed E-state index contributed by atoms with van der Waals surface area (Å²) in [7, 11) is 5.54. The van der Waals surface area contributed by atoms with Gasteiger partial charge in [-0.1, -0.05) is 95.5 Å². The number of phenols is 2. The van der Waals surface area contributed by atoms with Gasteiger partial charge in [0.05, 0.1) is 24.3 Å². The Labute approximate surface area is 430 Å². The predicted octanol–water partition coefficient (Wildman–Crippen LogP) is 11.1. The number of benzene rings is 4. The highest BCUT2D eigenvalue weighted by Gasteiger charge is 2.51. The minimum Gasteiger partial charge on any atom is -0.508 e. The number of aromatic hydroxyl groups is 2. The highest BCUT2D eigenvalue weighted by atomic mass is 33.1. The third kappa shape index (κ3) is 8.57. The number of carbonyl (C=O) groups is 1. The van der Waals surface area contributed by atoms with Crippen molar-refractivity contribution in [1.29, 1.82) is 0 Å². The summed E-state index contributed by atoms with van der Waals surface area (Å²) in [5, 5.41) is 27.8. The molecule has 5 N–H and O–H groups in total. The molecule has 0 amide bonds. The number of carbonyl (C=O) groups excluding carboxylic acids is 1. The second kappa shape index (κ2) is 19.3. The SMILES string of the molecule is CCc1cc2c(nc1N)C#CCc1cc(O)c3c(c1[C@H]1Oc4c(ccc5c4[C@]4(CC[C@@H](C2)C4)Cc2cc(O)cc(OC)c2-5)[C@@H]1COC(C)=O)C=C[C@H]1N[C@H]2CCC[C@@H](CSS[C@H](Cc4ccccc4)[C@H]1O3)C2. The molecule has 12 heteroatoms. The van der Waals surface area contributed by atoms with E-state index in [9.17, 15) is 15.0 Å². The minimum atomic E-state index is -0.657.